The van der Waals surface area contributed by atoms with Gasteiger partial charge in [0.05, 0.1) is 16.3 Å². The second kappa shape index (κ2) is 8.99. The average Bonchev–Trinajstić information content (AvgIpc) is 3.08. The first-order valence-electron chi connectivity index (χ1n) is 8.19. The first kappa shape index (κ1) is 22.3. The van der Waals surface area contributed by atoms with E-state index in [1.807, 2.05) is 6.92 Å². The maximum absolute atomic E-state index is 12.3. The lowest BCUT2D eigenvalue weighted by Crippen LogP contribution is -2.27. The highest BCUT2D eigenvalue weighted by atomic mass is 35.5. The minimum atomic E-state index is -3.80. The molecule has 0 bridgehead atoms. The highest BCUT2D eigenvalue weighted by molar-refractivity contribution is 7.89. The van der Waals surface area contributed by atoms with Crippen LogP contribution in [0.4, 0.5) is 5.13 Å². The van der Waals surface area contributed by atoms with Gasteiger partial charge in [-0.25, -0.2) is 22.5 Å². The number of aromatic nitrogens is 1. The van der Waals surface area contributed by atoms with Gasteiger partial charge in [0.2, 0.25) is 15.9 Å². The van der Waals surface area contributed by atoms with Gasteiger partial charge in [-0.3, -0.25) is 9.69 Å². The van der Waals surface area contributed by atoms with Crippen LogP contribution in [0.2, 0.25) is 5.02 Å². The van der Waals surface area contributed by atoms with E-state index in [1.54, 1.807) is 5.38 Å². The lowest BCUT2D eigenvalue weighted by atomic mass is 10.2. The van der Waals surface area contributed by atoms with Crippen LogP contribution in [0.25, 0.3) is 0 Å². The Bertz CT molecular complexity index is 988. The van der Waals surface area contributed by atoms with Crippen LogP contribution in [0.3, 0.4) is 0 Å². The van der Waals surface area contributed by atoms with Crippen LogP contribution in [0.5, 0.6) is 0 Å². The van der Waals surface area contributed by atoms with E-state index >= 15 is 0 Å². The second-order valence-corrected chi connectivity index (χ2v) is 9.26. The normalized spacial score (nSPS) is 11.5. The van der Waals surface area contributed by atoms with Crippen LogP contribution < -0.4 is 4.90 Å². The van der Waals surface area contributed by atoms with Gasteiger partial charge in [0.25, 0.3) is 0 Å². The van der Waals surface area contributed by atoms with Crippen LogP contribution in [-0.4, -0.2) is 50.2 Å². The Kier molecular flexibility index (Phi) is 7.16. The maximum atomic E-state index is 12.3. The number of carbonyl (C=O) groups excluding carboxylic acids is 2. The van der Waals surface area contributed by atoms with E-state index in [0.717, 1.165) is 4.31 Å². The molecule has 0 saturated heterocycles. The van der Waals surface area contributed by atoms with Crippen molar-refractivity contribution < 1.29 is 22.7 Å². The van der Waals surface area contributed by atoms with Crippen molar-refractivity contribution in [1.82, 2.24) is 9.29 Å². The molecular weight excluding hydrogens is 426 g/mol. The van der Waals surface area contributed by atoms with Crippen LogP contribution in [0, 0.1) is 0 Å². The molecule has 1 aromatic heterocycles. The number of benzene rings is 1. The predicted molar refractivity (Wildman–Crippen MR) is 107 cm³/mol. The minimum absolute atomic E-state index is 0.0123. The molecule has 0 unspecified atom stereocenters. The van der Waals surface area contributed by atoms with Crippen LogP contribution in [-0.2, 0) is 26.2 Å². The lowest BCUT2D eigenvalue weighted by Gasteiger charge is -2.14. The van der Waals surface area contributed by atoms with E-state index in [4.69, 9.17) is 16.3 Å². The van der Waals surface area contributed by atoms with Crippen molar-refractivity contribution >= 4 is 50.0 Å². The van der Waals surface area contributed by atoms with Gasteiger partial charge < -0.3 is 4.74 Å². The Morgan fingerprint density at radius 1 is 1.29 bits per heavy atom. The van der Waals surface area contributed by atoms with E-state index < -0.39 is 16.0 Å². The van der Waals surface area contributed by atoms with Crippen LogP contribution in [0.15, 0.2) is 28.5 Å². The summed E-state index contributed by atoms with van der Waals surface area (Å²) >= 11 is 7.24. The minimum Gasteiger partial charge on any atom is -0.456 e. The fourth-order valence-corrected chi connectivity index (χ4v) is 4.54. The third-order valence-electron chi connectivity index (χ3n) is 3.74. The summed E-state index contributed by atoms with van der Waals surface area (Å²) in [4.78, 5) is 29.5. The average molecular weight is 446 g/mol. The molecule has 1 amide bonds. The van der Waals surface area contributed by atoms with Gasteiger partial charge in [0, 0.05) is 32.9 Å². The molecule has 0 spiro atoms. The molecule has 11 heteroatoms. The molecule has 0 aliphatic heterocycles. The Morgan fingerprint density at radius 2 is 1.96 bits per heavy atom. The molecule has 28 heavy (non-hydrogen) atoms. The van der Waals surface area contributed by atoms with Gasteiger partial charge in [-0.05, 0) is 25.1 Å². The molecule has 152 valence electrons. The molecular formula is C17H20ClN3O5S2. The van der Waals surface area contributed by atoms with Crippen molar-refractivity contribution in [3.8, 4) is 0 Å². The van der Waals surface area contributed by atoms with E-state index in [-0.39, 0.29) is 28.0 Å². The van der Waals surface area contributed by atoms with Crippen LogP contribution in [0.1, 0.15) is 29.9 Å². The van der Waals surface area contributed by atoms with Crippen molar-refractivity contribution in [3.05, 3.63) is 39.9 Å². The highest BCUT2D eigenvalue weighted by Crippen LogP contribution is 2.26. The fraction of sp³-hybridized carbons (Fsp3) is 0.353. The fourth-order valence-electron chi connectivity index (χ4n) is 2.23. The zero-order chi connectivity index (χ0) is 21.1. The van der Waals surface area contributed by atoms with Crippen molar-refractivity contribution in [3.63, 3.8) is 0 Å². The van der Waals surface area contributed by atoms with E-state index in [2.05, 4.69) is 4.98 Å². The summed E-state index contributed by atoms with van der Waals surface area (Å²) in [5.74, 6) is -0.837. The van der Waals surface area contributed by atoms with Crippen LogP contribution >= 0.6 is 22.9 Å². The van der Waals surface area contributed by atoms with Crippen molar-refractivity contribution in [2.45, 2.75) is 25.3 Å². The van der Waals surface area contributed by atoms with Gasteiger partial charge >= 0.3 is 5.97 Å². The number of ether oxygens (including phenoxy) is 1. The summed E-state index contributed by atoms with van der Waals surface area (Å²) in [6.07, 6.45) is 0. The van der Waals surface area contributed by atoms with Crippen molar-refractivity contribution in [2.24, 2.45) is 0 Å². The summed E-state index contributed by atoms with van der Waals surface area (Å²) in [5, 5.41) is 2.23. The molecule has 8 nitrogen and oxygen atoms in total. The topological polar surface area (TPSA) is 96.9 Å². The third kappa shape index (κ3) is 4.88. The summed E-state index contributed by atoms with van der Waals surface area (Å²) in [6, 6.07) is 3.91. The summed E-state index contributed by atoms with van der Waals surface area (Å²) < 4.78 is 30.8. The molecule has 0 aliphatic rings. The molecule has 0 saturated carbocycles. The maximum Gasteiger partial charge on any atom is 0.338 e. The number of halogens is 1. The molecule has 1 heterocycles. The molecule has 0 radical (unpaired) electrons. The molecule has 2 aromatic rings. The molecule has 1 aromatic carbocycles. The number of hydrogen-bond donors (Lipinski definition) is 0. The number of sulfonamides is 1. The van der Waals surface area contributed by atoms with Crippen molar-refractivity contribution in [1.29, 1.82) is 0 Å². The molecule has 2 rings (SSSR count). The van der Waals surface area contributed by atoms with E-state index in [1.165, 1.54) is 55.5 Å². The predicted octanol–water partition coefficient (Wildman–Crippen LogP) is 2.78. The van der Waals surface area contributed by atoms with E-state index in [9.17, 15) is 18.0 Å². The quantitative estimate of drug-likeness (QED) is 0.608. The number of nitrogens with zero attached hydrogens (tertiary/aromatic N) is 3. The Morgan fingerprint density at radius 3 is 2.54 bits per heavy atom. The number of hydrogen-bond acceptors (Lipinski definition) is 7. The number of thiazole rings is 1. The first-order valence-corrected chi connectivity index (χ1v) is 10.9. The number of anilines is 1. The summed E-state index contributed by atoms with van der Waals surface area (Å²) in [7, 11) is -1.06. The molecule has 0 atom stereocenters. The number of esters is 1. The van der Waals surface area contributed by atoms with Crippen molar-refractivity contribution in [2.75, 3.05) is 25.5 Å². The zero-order valence-corrected chi connectivity index (χ0v) is 18.2. The first-order chi connectivity index (χ1) is 13.1. The Balaban J connectivity index is 2.15. The van der Waals surface area contributed by atoms with E-state index in [0.29, 0.717) is 17.4 Å². The zero-order valence-electron chi connectivity index (χ0n) is 15.8. The van der Waals surface area contributed by atoms with Gasteiger partial charge in [0.15, 0.2) is 5.13 Å². The monoisotopic (exact) mass is 445 g/mol. The third-order valence-corrected chi connectivity index (χ3v) is 6.95. The molecule has 0 aliphatic carbocycles. The second-order valence-electron chi connectivity index (χ2n) is 5.89. The number of amides is 1. The summed E-state index contributed by atoms with van der Waals surface area (Å²) in [5.41, 5.74) is 0.544. The van der Waals surface area contributed by atoms with Gasteiger partial charge in [0.1, 0.15) is 11.5 Å². The molecule has 0 fully saturated rings. The van der Waals surface area contributed by atoms with Gasteiger partial charge in [-0.15, -0.1) is 11.3 Å². The number of rotatable bonds is 7. The smallest absolute Gasteiger partial charge is 0.338 e. The van der Waals surface area contributed by atoms with Gasteiger partial charge in [-0.2, -0.15) is 0 Å². The lowest BCUT2D eigenvalue weighted by molar-refractivity contribution is -0.116. The standard InChI is InChI=1S/C17H20ClN3O5S2/c1-5-21(11(2)22)17-19-13(10-27-17)9-26-16(23)12-6-7-14(18)15(8-12)28(24,25)20(3)4/h6-8,10H,5,9H2,1-4H3. The Hall–Kier alpha value is -2.01. The number of carbonyl (C=O) groups is 2. The van der Waals surface area contributed by atoms with Gasteiger partial charge in [-0.1, -0.05) is 11.6 Å². The largest absolute Gasteiger partial charge is 0.456 e. The SMILES string of the molecule is CCN(C(C)=O)c1nc(COC(=O)c2ccc(Cl)c(S(=O)(=O)N(C)C)c2)cs1. The molecule has 0 N–H and O–H groups in total. The summed E-state index contributed by atoms with van der Waals surface area (Å²) in [6.45, 7) is 3.66. The Labute approximate surface area is 172 Å². The highest BCUT2D eigenvalue weighted by Gasteiger charge is 2.23.